The third-order valence-corrected chi connectivity index (χ3v) is 5.45. The monoisotopic (exact) mass is 313 g/mol. The number of hydrogen-bond donors (Lipinski definition) is 0. The summed E-state index contributed by atoms with van der Waals surface area (Å²) in [6, 6.07) is 10.4. The average Bonchev–Trinajstić information content (AvgIpc) is 3.20. The van der Waals surface area contributed by atoms with E-state index in [4.69, 9.17) is 0 Å². The molecule has 2 aromatic rings. The van der Waals surface area contributed by atoms with E-state index in [2.05, 4.69) is 34.1 Å². The van der Waals surface area contributed by atoms with Crippen LogP contribution < -0.4 is 4.90 Å². The summed E-state index contributed by atoms with van der Waals surface area (Å²) in [7, 11) is 0. The summed E-state index contributed by atoms with van der Waals surface area (Å²) in [5.41, 5.74) is 1.31. The normalized spacial score (nSPS) is 24.4. The van der Waals surface area contributed by atoms with Crippen molar-refractivity contribution < 1.29 is 4.79 Å². The van der Waals surface area contributed by atoms with Crippen LogP contribution in [0.4, 0.5) is 5.13 Å². The van der Waals surface area contributed by atoms with Crippen LogP contribution in [0.25, 0.3) is 0 Å². The Bertz CT molecular complexity index is 635. The molecule has 4 nitrogen and oxygen atoms in total. The molecule has 1 aliphatic heterocycles. The van der Waals surface area contributed by atoms with E-state index in [0.29, 0.717) is 11.8 Å². The number of carbonyl (C=O) groups excluding carboxylic acids is 1. The highest BCUT2D eigenvalue weighted by molar-refractivity contribution is 7.13. The Kier molecular flexibility index (Phi) is 3.58. The van der Waals surface area contributed by atoms with Crippen molar-refractivity contribution in [2.24, 2.45) is 5.92 Å². The molecular weight excluding hydrogens is 294 g/mol. The van der Waals surface area contributed by atoms with E-state index in [-0.39, 0.29) is 5.92 Å². The minimum Gasteiger partial charge on any atom is -0.345 e. The summed E-state index contributed by atoms with van der Waals surface area (Å²) in [6.45, 7) is 3.41. The van der Waals surface area contributed by atoms with Crippen LogP contribution in [-0.2, 0) is 4.79 Å². The molecule has 0 radical (unpaired) electrons. The standard InChI is InChI=1S/C17H19N3OS/c21-16(15-12-14(15)13-4-2-1-3-5-13)19-7-9-20(10-8-19)17-18-6-11-22-17/h1-6,11,14-15H,7-10,12H2/t14-,15+/m0/s1. The number of benzene rings is 1. The highest BCUT2D eigenvalue weighted by Crippen LogP contribution is 2.48. The zero-order valence-corrected chi connectivity index (χ0v) is 13.2. The molecule has 1 amide bonds. The largest absolute Gasteiger partial charge is 0.345 e. The molecule has 1 aromatic carbocycles. The van der Waals surface area contributed by atoms with Gasteiger partial charge in [-0.25, -0.2) is 4.98 Å². The molecule has 5 heteroatoms. The Balaban J connectivity index is 1.34. The lowest BCUT2D eigenvalue weighted by Crippen LogP contribution is -2.49. The number of carbonyl (C=O) groups is 1. The number of aromatic nitrogens is 1. The summed E-state index contributed by atoms with van der Waals surface area (Å²) in [5, 5.41) is 3.07. The van der Waals surface area contributed by atoms with Crippen LogP contribution in [0.15, 0.2) is 41.9 Å². The van der Waals surface area contributed by atoms with Crippen molar-refractivity contribution in [3.63, 3.8) is 0 Å². The van der Waals surface area contributed by atoms with Gasteiger partial charge in [-0.3, -0.25) is 4.79 Å². The predicted molar refractivity (Wildman–Crippen MR) is 88.2 cm³/mol. The quantitative estimate of drug-likeness (QED) is 0.874. The Morgan fingerprint density at radius 3 is 2.59 bits per heavy atom. The number of nitrogens with zero attached hydrogens (tertiary/aromatic N) is 3. The van der Waals surface area contributed by atoms with Gasteiger partial charge in [0.1, 0.15) is 0 Å². The second-order valence-electron chi connectivity index (χ2n) is 5.99. The van der Waals surface area contributed by atoms with Gasteiger partial charge in [-0.2, -0.15) is 0 Å². The molecule has 4 rings (SSSR count). The maximum Gasteiger partial charge on any atom is 0.226 e. The van der Waals surface area contributed by atoms with Crippen LogP contribution in [0.3, 0.4) is 0 Å². The van der Waals surface area contributed by atoms with Crippen molar-refractivity contribution in [2.45, 2.75) is 12.3 Å². The SMILES string of the molecule is O=C([C@@H]1C[C@H]1c1ccccc1)N1CCN(c2nccs2)CC1. The first kappa shape index (κ1) is 13.8. The van der Waals surface area contributed by atoms with Crippen molar-refractivity contribution >= 4 is 22.4 Å². The lowest BCUT2D eigenvalue weighted by Gasteiger charge is -2.34. The van der Waals surface area contributed by atoms with Crippen LogP contribution >= 0.6 is 11.3 Å². The lowest BCUT2D eigenvalue weighted by atomic mass is 10.1. The summed E-state index contributed by atoms with van der Waals surface area (Å²) < 4.78 is 0. The summed E-state index contributed by atoms with van der Waals surface area (Å²) in [5.74, 6) is 0.979. The molecule has 1 saturated heterocycles. The van der Waals surface area contributed by atoms with E-state index in [0.717, 1.165) is 37.7 Å². The second kappa shape index (κ2) is 5.72. The fraction of sp³-hybridized carbons (Fsp3) is 0.412. The van der Waals surface area contributed by atoms with Crippen LogP contribution in [-0.4, -0.2) is 42.0 Å². The van der Waals surface area contributed by atoms with Crippen LogP contribution in [0, 0.1) is 5.92 Å². The number of rotatable bonds is 3. The molecule has 1 saturated carbocycles. The third-order valence-electron chi connectivity index (χ3n) is 4.62. The second-order valence-corrected chi connectivity index (χ2v) is 6.86. The summed E-state index contributed by atoms with van der Waals surface area (Å²) in [4.78, 5) is 21.3. The molecule has 2 fully saturated rings. The molecule has 1 aliphatic carbocycles. The third kappa shape index (κ3) is 2.61. The highest BCUT2D eigenvalue weighted by Gasteiger charge is 2.46. The Morgan fingerprint density at radius 1 is 1.14 bits per heavy atom. The van der Waals surface area contributed by atoms with Crippen LogP contribution in [0.2, 0.25) is 0 Å². The Morgan fingerprint density at radius 2 is 1.91 bits per heavy atom. The van der Waals surface area contributed by atoms with Crippen molar-refractivity contribution in [1.29, 1.82) is 0 Å². The summed E-state index contributed by atoms with van der Waals surface area (Å²) >= 11 is 1.67. The minimum absolute atomic E-state index is 0.203. The van der Waals surface area contributed by atoms with Gasteiger partial charge in [0.25, 0.3) is 0 Å². The van der Waals surface area contributed by atoms with Gasteiger partial charge in [0, 0.05) is 43.7 Å². The molecule has 1 aromatic heterocycles. The number of hydrogen-bond acceptors (Lipinski definition) is 4. The number of thiazole rings is 1. The molecule has 22 heavy (non-hydrogen) atoms. The van der Waals surface area contributed by atoms with Crippen molar-refractivity contribution in [3.8, 4) is 0 Å². The van der Waals surface area contributed by atoms with Gasteiger partial charge >= 0.3 is 0 Å². The maximum absolute atomic E-state index is 12.6. The molecule has 2 heterocycles. The van der Waals surface area contributed by atoms with Crippen molar-refractivity contribution in [1.82, 2.24) is 9.88 Å². The highest BCUT2D eigenvalue weighted by atomic mass is 32.1. The van der Waals surface area contributed by atoms with Gasteiger partial charge in [-0.1, -0.05) is 30.3 Å². The molecule has 0 unspecified atom stereocenters. The molecule has 2 atom stereocenters. The van der Waals surface area contributed by atoms with Crippen LogP contribution in [0.5, 0.6) is 0 Å². The number of amides is 1. The van der Waals surface area contributed by atoms with Crippen LogP contribution in [0.1, 0.15) is 17.9 Å². The van der Waals surface area contributed by atoms with Gasteiger partial charge in [0.15, 0.2) is 5.13 Å². The van der Waals surface area contributed by atoms with E-state index in [1.165, 1.54) is 5.56 Å². The first-order valence-corrected chi connectivity index (χ1v) is 8.69. The average molecular weight is 313 g/mol. The minimum atomic E-state index is 0.203. The zero-order chi connectivity index (χ0) is 14.9. The fourth-order valence-corrected chi connectivity index (χ4v) is 3.96. The molecule has 2 aliphatic rings. The lowest BCUT2D eigenvalue weighted by molar-refractivity contribution is -0.132. The smallest absolute Gasteiger partial charge is 0.226 e. The van der Waals surface area contributed by atoms with E-state index >= 15 is 0 Å². The summed E-state index contributed by atoms with van der Waals surface area (Å²) in [6.07, 6.45) is 2.85. The van der Waals surface area contributed by atoms with E-state index in [1.54, 1.807) is 11.3 Å². The van der Waals surface area contributed by atoms with Gasteiger partial charge < -0.3 is 9.80 Å². The van der Waals surface area contributed by atoms with E-state index in [1.807, 2.05) is 22.5 Å². The van der Waals surface area contributed by atoms with Gasteiger partial charge in [-0.05, 0) is 17.9 Å². The van der Waals surface area contributed by atoms with E-state index < -0.39 is 0 Å². The van der Waals surface area contributed by atoms with Crippen molar-refractivity contribution in [2.75, 3.05) is 31.1 Å². The topological polar surface area (TPSA) is 36.4 Å². The first-order chi connectivity index (χ1) is 10.8. The van der Waals surface area contributed by atoms with Gasteiger partial charge in [0.2, 0.25) is 5.91 Å². The van der Waals surface area contributed by atoms with Gasteiger partial charge in [0.05, 0.1) is 0 Å². The molecular formula is C17H19N3OS. The molecule has 114 valence electrons. The Labute approximate surface area is 134 Å². The number of piperazine rings is 1. The van der Waals surface area contributed by atoms with Gasteiger partial charge in [-0.15, -0.1) is 11.3 Å². The zero-order valence-electron chi connectivity index (χ0n) is 12.4. The number of anilines is 1. The molecule has 0 spiro atoms. The fourth-order valence-electron chi connectivity index (χ4n) is 3.26. The molecule has 0 N–H and O–H groups in total. The molecule has 0 bridgehead atoms. The Hall–Kier alpha value is -1.88. The predicted octanol–water partition coefficient (Wildman–Crippen LogP) is 2.60. The van der Waals surface area contributed by atoms with E-state index in [9.17, 15) is 4.79 Å². The van der Waals surface area contributed by atoms with Crippen molar-refractivity contribution in [3.05, 3.63) is 47.5 Å². The first-order valence-electron chi connectivity index (χ1n) is 7.81. The maximum atomic E-state index is 12.6.